The number of alkyl halides is 2. The van der Waals surface area contributed by atoms with Crippen LogP contribution in [0, 0.1) is 0 Å². The van der Waals surface area contributed by atoms with Crippen LogP contribution in [0.5, 0.6) is 5.75 Å². The second-order valence-electron chi connectivity index (χ2n) is 4.22. The van der Waals surface area contributed by atoms with Gasteiger partial charge in [0.15, 0.2) is 5.75 Å². The van der Waals surface area contributed by atoms with Crippen LogP contribution in [0.25, 0.3) is 0 Å². The van der Waals surface area contributed by atoms with Crippen molar-refractivity contribution < 1.29 is 13.5 Å². The highest BCUT2D eigenvalue weighted by molar-refractivity contribution is 9.10. The molecule has 0 amide bonds. The van der Waals surface area contributed by atoms with Crippen molar-refractivity contribution in [1.82, 2.24) is 0 Å². The van der Waals surface area contributed by atoms with Gasteiger partial charge in [0.2, 0.25) is 0 Å². The standard InChI is InChI=1S/C11H12BrClF2N2O/c12-8-1-5(13)2-9(10(8)18-11(14)15)17-7-3-6(16)4-7/h1-2,6-7,11,17H,3-4,16H2. The number of nitrogens with one attached hydrogen (secondary N) is 1. The highest BCUT2D eigenvalue weighted by atomic mass is 79.9. The maximum absolute atomic E-state index is 12.4. The quantitative estimate of drug-likeness (QED) is 0.879. The lowest BCUT2D eigenvalue weighted by Crippen LogP contribution is -2.44. The number of benzene rings is 1. The van der Waals surface area contributed by atoms with Crippen molar-refractivity contribution in [3.8, 4) is 5.75 Å². The van der Waals surface area contributed by atoms with Gasteiger partial charge >= 0.3 is 6.61 Å². The Kier molecular flexibility index (Phi) is 4.29. The van der Waals surface area contributed by atoms with Crippen LogP contribution < -0.4 is 15.8 Å². The van der Waals surface area contributed by atoms with Crippen LogP contribution in [0.2, 0.25) is 5.02 Å². The van der Waals surface area contributed by atoms with Crippen LogP contribution in [0.4, 0.5) is 14.5 Å². The minimum absolute atomic E-state index is 0.0647. The van der Waals surface area contributed by atoms with E-state index in [1.54, 1.807) is 6.07 Å². The number of nitrogens with two attached hydrogens (primary N) is 1. The van der Waals surface area contributed by atoms with Crippen molar-refractivity contribution >= 4 is 33.2 Å². The van der Waals surface area contributed by atoms with E-state index in [2.05, 4.69) is 26.0 Å². The molecule has 0 spiro atoms. The Labute approximate surface area is 117 Å². The van der Waals surface area contributed by atoms with Crippen LogP contribution in [-0.4, -0.2) is 18.7 Å². The van der Waals surface area contributed by atoms with Gasteiger partial charge in [-0.05, 0) is 40.9 Å². The average Bonchev–Trinajstić information content (AvgIpc) is 2.20. The summed E-state index contributed by atoms with van der Waals surface area (Å²) in [6.07, 6.45) is 1.61. The number of anilines is 1. The van der Waals surface area contributed by atoms with E-state index in [-0.39, 0.29) is 17.8 Å². The highest BCUT2D eigenvalue weighted by Gasteiger charge is 2.27. The first-order valence-corrected chi connectivity index (χ1v) is 6.58. The number of ether oxygens (including phenoxy) is 1. The molecule has 1 aliphatic carbocycles. The van der Waals surface area contributed by atoms with Gasteiger partial charge in [-0.2, -0.15) is 8.78 Å². The second-order valence-corrected chi connectivity index (χ2v) is 5.51. The van der Waals surface area contributed by atoms with Gasteiger partial charge in [-0.15, -0.1) is 0 Å². The van der Waals surface area contributed by atoms with Crippen LogP contribution in [0.15, 0.2) is 16.6 Å². The zero-order valence-electron chi connectivity index (χ0n) is 9.30. The van der Waals surface area contributed by atoms with E-state index in [0.29, 0.717) is 15.2 Å². The maximum Gasteiger partial charge on any atom is 0.387 e. The Morgan fingerprint density at radius 2 is 2.11 bits per heavy atom. The molecule has 0 saturated heterocycles. The molecule has 1 aromatic carbocycles. The molecule has 1 aromatic rings. The zero-order valence-corrected chi connectivity index (χ0v) is 11.6. The maximum atomic E-state index is 12.4. The van der Waals surface area contributed by atoms with Gasteiger partial charge in [-0.3, -0.25) is 0 Å². The Hall–Kier alpha value is -0.590. The fraction of sp³-hybridized carbons (Fsp3) is 0.455. The molecule has 2 rings (SSSR count). The van der Waals surface area contributed by atoms with Crippen LogP contribution >= 0.6 is 27.5 Å². The van der Waals surface area contributed by atoms with Gasteiger partial charge in [0.25, 0.3) is 0 Å². The van der Waals surface area contributed by atoms with E-state index in [9.17, 15) is 8.78 Å². The van der Waals surface area contributed by atoms with Crippen molar-refractivity contribution in [3.63, 3.8) is 0 Å². The molecule has 1 aliphatic rings. The summed E-state index contributed by atoms with van der Waals surface area (Å²) in [5, 5.41) is 3.55. The van der Waals surface area contributed by atoms with Crippen LogP contribution in [0.1, 0.15) is 12.8 Å². The Balaban J connectivity index is 2.20. The summed E-state index contributed by atoms with van der Waals surface area (Å²) >= 11 is 9.05. The number of halogens is 4. The fourth-order valence-corrected chi connectivity index (χ4v) is 2.78. The van der Waals surface area contributed by atoms with Gasteiger partial charge in [0.05, 0.1) is 10.2 Å². The lowest BCUT2D eigenvalue weighted by Gasteiger charge is -2.34. The second kappa shape index (κ2) is 5.59. The first-order valence-electron chi connectivity index (χ1n) is 5.41. The Morgan fingerprint density at radius 1 is 1.44 bits per heavy atom. The van der Waals surface area contributed by atoms with Crippen molar-refractivity contribution in [3.05, 3.63) is 21.6 Å². The monoisotopic (exact) mass is 340 g/mol. The summed E-state index contributed by atoms with van der Waals surface area (Å²) in [7, 11) is 0. The van der Waals surface area contributed by atoms with Gasteiger partial charge < -0.3 is 15.8 Å². The van der Waals surface area contributed by atoms with Crippen LogP contribution in [0.3, 0.4) is 0 Å². The Bertz CT molecular complexity index is 441. The summed E-state index contributed by atoms with van der Waals surface area (Å²) in [5.74, 6) is 0.0647. The van der Waals surface area contributed by atoms with Gasteiger partial charge in [-0.1, -0.05) is 11.6 Å². The summed E-state index contributed by atoms with van der Waals surface area (Å²) in [5.41, 5.74) is 6.13. The smallest absolute Gasteiger partial charge is 0.387 e. The van der Waals surface area contributed by atoms with Gasteiger partial charge in [-0.25, -0.2) is 0 Å². The van der Waals surface area contributed by atoms with E-state index in [4.69, 9.17) is 17.3 Å². The molecule has 0 bridgehead atoms. The molecule has 3 N–H and O–H groups in total. The average molecular weight is 342 g/mol. The molecule has 18 heavy (non-hydrogen) atoms. The summed E-state index contributed by atoms with van der Waals surface area (Å²) in [6, 6.07) is 3.42. The third-order valence-corrected chi connectivity index (χ3v) is 3.56. The lowest BCUT2D eigenvalue weighted by molar-refractivity contribution is -0.0499. The van der Waals surface area contributed by atoms with Gasteiger partial charge in [0, 0.05) is 17.1 Å². The predicted molar refractivity (Wildman–Crippen MR) is 70.4 cm³/mol. The third kappa shape index (κ3) is 3.24. The molecule has 1 fully saturated rings. The largest absolute Gasteiger partial charge is 0.431 e. The molecule has 0 heterocycles. The number of hydrogen-bond donors (Lipinski definition) is 2. The van der Waals surface area contributed by atoms with Crippen molar-refractivity contribution in [2.45, 2.75) is 31.5 Å². The predicted octanol–water partition coefficient (Wildman–Crippen LogP) is 3.61. The third-order valence-electron chi connectivity index (χ3n) is 2.75. The SMILES string of the molecule is NC1CC(Nc2cc(Cl)cc(Br)c2OC(F)F)C1. The normalized spacial score (nSPS) is 22.8. The zero-order chi connectivity index (χ0) is 13.3. The molecule has 0 unspecified atom stereocenters. The van der Waals surface area contributed by atoms with Crippen molar-refractivity contribution in [2.24, 2.45) is 5.73 Å². The molecular formula is C11H12BrClF2N2O. The van der Waals surface area contributed by atoms with E-state index in [0.717, 1.165) is 12.8 Å². The molecule has 0 aliphatic heterocycles. The lowest BCUT2D eigenvalue weighted by atomic mass is 9.87. The fourth-order valence-electron chi connectivity index (χ4n) is 1.88. The minimum atomic E-state index is -2.88. The molecule has 100 valence electrons. The topological polar surface area (TPSA) is 47.3 Å². The molecule has 1 saturated carbocycles. The highest BCUT2D eigenvalue weighted by Crippen LogP contribution is 2.39. The van der Waals surface area contributed by atoms with E-state index >= 15 is 0 Å². The first-order chi connectivity index (χ1) is 8.45. The summed E-state index contributed by atoms with van der Waals surface area (Å²) in [4.78, 5) is 0. The van der Waals surface area contributed by atoms with Crippen molar-refractivity contribution in [1.29, 1.82) is 0 Å². The first kappa shape index (κ1) is 13.8. The summed E-state index contributed by atoms with van der Waals surface area (Å²) < 4.78 is 29.6. The Morgan fingerprint density at radius 3 is 2.67 bits per heavy atom. The minimum Gasteiger partial charge on any atom is -0.431 e. The van der Waals surface area contributed by atoms with Crippen LogP contribution in [-0.2, 0) is 0 Å². The molecule has 0 radical (unpaired) electrons. The number of rotatable bonds is 4. The van der Waals surface area contributed by atoms with Gasteiger partial charge in [0.1, 0.15) is 0 Å². The molecule has 0 aromatic heterocycles. The van der Waals surface area contributed by atoms with E-state index in [1.807, 2.05) is 0 Å². The molecule has 0 atom stereocenters. The molecular weight excluding hydrogens is 329 g/mol. The number of hydrogen-bond acceptors (Lipinski definition) is 3. The van der Waals surface area contributed by atoms with E-state index < -0.39 is 6.61 Å². The molecule has 7 heteroatoms. The van der Waals surface area contributed by atoms with E-state index in [1.165, 1.54) is 6.07 Å². The summed E-state index contributed by atoms with van der Waals surface area (Å²) in [6.45, 7) is -2.88. The molecule has 3 nitrogen and oxygen atoms in total. The van der Waals surface area contributed by atoms with Crippen molar-refractivity contribution in [2.75, 3.05) is 5.32 Å².